The van der Waals surface area contributed by atoms with Gasteiger partial charge in [0.2, 0.25) is 10.0 Å². The Hall–Kier alpha value is -2.11. The third kappa shape index (κ3) is 2.91. The Balaban J connectivity index is 1.86. The van der Waals surface area contributed by atoms with Gasteiger partial charge in [0.1, 0.15) is 11.3 Å². The van der Waals surface area contributed by atoms with Crippen molar-refractivity contribution >= 4 is 21.0 Å². The highest BCUT2D eigenvalue weighted by molar-refractivity contribution is 7.89. The Morgan fingerprint density at radius 1 is 1.05 bits per heavy atom. The second-order valence-corrected chi connectivity index (χ2v) is 7.06. The van der Waals surface area contributed by atoms with Crippen LogP contribution in [0.2, 0.25) is 0 Å². The molecule has 3 rings (SSSR count). The molecule has 1 heterocycles. The van der Waals surface area contributed by atoms with E-state index in [1.807, 2.05) is 37.3 Å². The van der Waals surface area contributed by atoms with E-state index in [9.17, 15) is 8.42 Å². The summed E-state index contributed by atoms with van der Waals surface area (Å²) in [4.78, 5) is 0.251. The van der Waals surface area contributed by atoms with Crippen LogP contribution in [0.4, 0.5) is 0 Å². The Labute approximate surface area is 129 Å². The highest BCUT2D eigenvalue weighted by Gasteiger charge is 2.20. The van der Waals surface area contributed by atoms with Crippen molar-refractivity contribution in [1.82, 2.24) is 4.72 Å². The van der Waals surface area contributed by atoms with Crippen LogP contribution in [-0.4, -0.2) is 8.42 Å². The molecular formula is C17H17NO3S. The van der Waals surface area contributed by atoms with E-state index < -0.39 is 16.1 Å². The first-order valence-corrected chi connectivity index (χ1v) is 8.51. The molecule has 22 heavy (non-hydrogen) atoms. The number of para-hydroxylation sites is 1. The molecule has 0 fully saturated rings. The largest absolute Gasteiger partial charge is 0.459 e. The van der Waals surface area contributed by atoms with Gasteiger partial charge in [0.15, 0.2) is 0 Å². The van der Waals surface area contributed by atoms with Gasteiger partial charge in [-0.05, 0) is 38.1 Å². The smallest absolute Gasteiger partial charge is 0.241 e. The molecule has 2 aromatic carbocycles. The summed E-state index contributed by atoms with van der Waals surface area (Å²) in [6.45, 7) is 3.68. The zero-order chi connectivity index (χ0) is 15.7. The van der Waals surface area contributed by atoms with Gasteiger partial charge in [-0.25, -0.2) is 13.1 Å². The molecule has 1 aromatic heterocycles. The van der Waals surface area contributed by atoms with Crippen molar-refractivity contribution in [3.63, 3.8) is 0 Å². The molecule has 0 amide bonds. The molecule has 0 saturated heterocycles. The maximum Gasteiger partial charge on any atom is 0.241 e. The number of rotatable bonds is 4. The van der Waals surface area contributed by atoms with Crippen molar-refractivity contribution in [2.24, 2.45) is 0 Å². The minimum atomic E-state index is -3.57. The summed E-state index contributed by atoms with van der Waals surface area (Å²) in [5.74, 6) is 0.594. The number of nitrogens with one attached hydrogen (secondary N) is 1. The first-order valence-electron chi connectivity index (χ1n) is 7.03. The second-order valence-electron chi connectivity index (χ2n) is 5.34. The lowest BCUT2D eigenvalue weighted by molar-refractivity contribution is 0.484. The lowest BCUT2D eigenvalue weighted by atomic mass is 10.2. The molecule has 114 valence electrons. The molecule has 0 aliphatic carbocycles. The zero-order valence-corrected chi connectivity index (χ0v) is 13.2. The predicted octanol–water partition coefficient (Wildman–Crippen LogP) is 3.78. The molecule has 1 atom stereocenters. The Morgan fingerprint density at radius 3 is 2.41 bits per heavy atom. The molecule has 4 nitrogen and oxygen atoms in total. The van der Waals surface area contributed by atoms with Gasteiger partial charge in [0.25, 0.3) is 0 Å². The van der Waals surface area contributed by atoms with Gasteiger partial charge in [-0.3, -0.25) is 0 Å². The van der Waals surface area contributed by atoms with Gasteiger partial charge in [-0.15, -0.1) is 0 Å². The summed E-state index contributed by atoms with van der Waals surface area (Å²) in [6.07, 6.45) is 0. The van der Waals surface area contributed by atoms with Gasteiger partial charge < -0.3 is 4.42 Å². The number of furan rings is 1. The van der Waals surface area contributed by atoms with Crippen molar-refractivity contribution in [2.45, 2.75) is 24.8 Å². The molecule has 0 radical (unpaired) electrons. The summed E-state index contributed by atoms with van der Waals surface area (Å²) in [6, 6.07) is 15.8. The van der Waals surface area contributed by atoms with E-state index in [1.165, 1.54) is 0 Å². The maximum atomic E-state index is 12.4. The van der Waals surface area contributed by atoms with E-state index in [0.29, 0.717) is 5.76 Å². The molecular weight excluding hydrogens is 298 g/mol. The molecule has 0 aliphatic heterocycles. The fourth-order valence-corrected chi connectivity index (χ4v) is 3.50. The number of aryl methyl sites for hydroxylation is 1. The number of hydrogen-bond donors (Lipinski definition) is 1. The molecule has 0 bridgehead atoms. The van der Waals surface area contributed by atoms with Gasteiger partial charge in [-0.2, -0.15) is 0 Å². The van der Waals surface area contributed by atoms with Crippen LogP contribution in [0.15, 0.2) is 63.9 Å². The number of fused-ring (bicyclic) bond motifs is 1. The van der Waals surface area contributed by atoms with Gasteiger partial charge in [0, 0.05) is 5.39 Å². The van der Waals surface area contributed by atoms with Crippen LogP contribution in [0.5, 0.6) is 0 Å². The van der Waals surface area contributed by atoms with Crippen LogP contribution in [0.1, 0.15) is 24.3 Å². The lowest BCUT2D eigenvalue weighted by Crippen LogP contribution is -2.26. The number of hydrogen-bond acceptors (Lipinski definition) is 3. The predicted molar refractivity (Wildman–Crippen MR) is 86.1 cm³/mol. The molecule has 0 spiro atoms. The van der Waals surface area contributed by atoms with Crippen LogP contribution in [0.25, 0.3) is 11.0 Å². The number of sulfonamides is 1. The monoisotopic (exact) mass is 315 g/mol. The molecule has 3 aromatic rings. The molecule has 5 heteroatoms. The summed E-state index contributed by atoms with van der Waals surface area (Å²) < 4.78 is 33.1. The van der Waals surface area contributed by atoms with Gasteiger partial charge >= 0.3 is 0 Å². The van der Waals surface area contributed by atoms with Crippen LogP contribution >= 0.6 is 0 Å². The van der Waals surface area contributed by atoms with Crippen LogP contribution < -0.4 is 4.72 Å². The minimum Gasteiger partial charge on any atom is -0.459 e. The van der Waals surface area contributed by atoms with E-state index in [2.05, 4.69) is 4.72 Å². The van der Waals surface area contributed by atoms with E-state index >= 15 is 0 Å². The van der Waals surface area contributed by atoms with Crippen molar-refractivity contribution in [2.75, 3.05) is 0 Å². The molecule has 0 aliphatic rings. The highest BCUT2D eigenvalue weighted by Crippen LogP contribution is 2.24. The summed E-state index contributed by atoms with van der Waals surface area (Å²) in [5.41, 5.74) is 1.77. The van der Waals surface area contributed by atoms with E-state index in [-0.39, 0.29) is 4.90 Å². The SMILES string of the molecule is Cc1ccc(S(=O)(=O)N[C@H](C)c2cc3ccccc3o2)cc1. The fraction of sp³-hybridized carbons (Fsp3) is 0.176. The van der Waals surface area contributed by atoms with Gasteiger partial charge in [-0.1, -0.05) is 35.9 Å². The standard InChI is InChI=1S/C17H17NO3S/c1-12-7-9-15(10-8-12)22(19,20)18-13(2)17-11-14-5-3-4-6-16(14)21-17/h3-11,13,18H,1-2H3/t13-/m1/s1. The summed E-state index contributed by atoms with van der Waals surface area (Å²) >= 11 is 0. The Bertz CT molecular complexity index is 862. The molecule has 0 unspecified atom stereocenters. The second kappa shape index (κ2) is 5.59. The van der Waals surface area contributed by atoms with E-state index in [1.54, 1.807) is 31.2 Å². The Morgan fingerprint density at radius 2 is 1.73 bits per heavy atom. The zero-order valence-electron chi connectivity index (χ0n) is 12.4. The first-order chi connectivity index (χ1) is 10.5. The molecule has 1 N–H and O–H groups in total. The maximum absolute atomic E-state index is 12.4. The van der Waals surface area contributed by atoms with Crippen molar-refractivity contribution in [3.05, 3.63) is 65.9 Å². The topological polar surface area (TPSA) is 59.3 Å². The third-order valence-corrected chi connectivity index (χ3v) is 5.09. The van der Waals surface area contributed by atoms with Gasteiger partial charge in [0.05, 0.1) is 10.9 Å². The van der Waals surface area contributed by atoms with Crippen LogP contribution in [0.3, 0.4) is 0 Å². The first kappa shape index (κ1) is 14.8. The van der Waals surface area contributed by atoms with Crippen LogP contribution in [0, 0.1) is 6.92 Å². The van der Waals surface area contributed by atoms with Crippen molar-refractivity contribution < 1.29 is 12.8 Å². The highest BCUT2D eigenvalue weighted by atomic mass is 32.2. The Kier molecular flexibility index (Phi) is 3.76. The molecule has 0 saturated carbocycles. The van der Waals surface area contributed by atoms with Crippen LogP contribution in [-0.2, 0) is 10.0 Å². The minimum absolute atomic E-state index is 0.251. The number of benzene rings is 2. The van der Waals surface area contributed by atoms with Crippen molar-refractivity contribution in [1.29, 1.82) is 0 Å². The van der Waals surface area contributed by atoms with Crippen molar-refractivity contribution in [3.8, 4) is 0 Å². The fourth-order valence-electron chi connectivity index (χ4n) is 2.29. The average Bonchev–Trinajstić information content (AvgIpc) is 2.91. The lowest BCUT2D eigenvalue weighted by Gasteiger charge is -2.12. The van der Waals surface area contributed by atoms with E-state index in [4.69, 9.17) is 4.42 Å². The summed E-state index contributed by atoms with van der Waals surface area (Å²) in [7, 11) is -3.57. The third-order valence-electron chi connectivity index (χ3n) is 3.53. The summed E-state index contributed by atoms with van der Waals surface area (Å²) in [5, 5.41) is 0.957. The van der Waals surface area contributed by atoms with E-state index in [0.717, 1.165) is 16.5 Å². The average molecular weight is 315 g/mol. The normalized spacial score (nSPS) is 13.4. The quantitative estimate of drug-likeness (QED) is 0.797.